The maximum absolute atomic E-state index is 12.6. The minimum atomic E-state index is -0.393. The van der Waals surface area contributed by atoms with Gasteiger partial charge in [-0.1, -0.05) is 56.5 Å². The molecule has 37 heavy (non-hydrogen) atoms. The van der Waals surface area contributed by atoms with E-state index in [1.807, 2.05) is 42.5 Å². The first kappa shape index (κ1) is 28.0. The zero-order valence-corrected chi connectivity index (χ0v) is 22.3. The van der Waals surface area contributed by atoms with Crippen molar-refractivity contribution in [2.75, 3.05) is 6.61 Å². The number of benzene rings is 3. The Morgan fingerprint density at radius 2 is 1.41 bits per heavy atom. The van der Waals surface area contributed by atoms with E-state index >= 15 is 0 Å². The number of allylic oxidation sites excluding steroid dienone is 1. The lowest BCUT2D eigenvalue weighted by molar-refractivity contribution is 0.0734. The number of carbonyl (C=O) groups is 1. The zero-order chi connectivity index (χ0) is 26.3. The van der Waals surface area contributed by atoms with Crippen molar-refractivity contribution in [1.82, 2.24) is 0 Å². The Hall–Kier alpha value is -3.53. The Balaban J connectivity index is 1.47. The molecule has 0 aliphatic heterocycles. The Bertz CT molecular complexity index is 1070. The molecule has 3 aromatic carbocycles. The van der Waals surface area contributed by atoms with E-state index in [9.17, 15) is 4.79 Å². The Morgan fingerprint density at radius 3 is 2.03 bits per heavy atom. The number of esters is 1. The van der Waals surface area contributed by atoms with Crippen LogP contribution in [0.3, 0.4) is 0 Å². The van der Waals surface area contributed by atoms with Gasteiger partial charge in [-0.25, -0.2) is 4.79 Å². The van der Waals surface area contributed by atoms with Crippen molar-refractivity contribution in [2.24, 2.45) is 0 Å². The van der Waals surface area contributed by atoms with Crippen molar-refractivity contribution in [3.8, 4) is 28.4 Å². The van der Waals surface area contributed by atoms with Gasteiger partial charge in [-0.15, -0.1) is 6.58 Å². The largest absolute Gasteiger partial charge is 0.494 e. The SMILES string of the molecule is C=CCCCCOc1ccc(C(=O)Oc2ccc(-c3ccc(OC(C)CCCCCC)cc3)cc2)cc1. The maximum Gasteiger partial charge on any atom is 0.343 e. The predicted molar refractivity (Wildman–Crippen MR) is 152 cm³/mol. The predicted octanol–water partition coefficient (Wildman–Crippen LogP) is 9.05. The van der Waals surface area contributed by atoms with E-state index in [2.05, 4.69) is 32.6 Å². The van der Waals surface area contributed by atoms with Crippen LogP contribution >= 0.6 is 0 Å². The van der Waals surface area contributed by atoms with E-state index in [0.717, 1.165) is 48.3 Å². The first-order valence-corrected chi connectivity index (χ1v) is 13.5. The summed E-state index contributed by atoms with van der Waals surface area (Å²) in [6.45, 7) is 8.74. The second-order valence-corrected chi connectivity index (χ2v) is 9.37. The smallest absolute Gasteiger partial charge is 0.343 e. The van der Waals surface area contributed by atoms with Crippen LogP contribution in [0, 0.1) is 0 Å². The molecule has 1 atom stereocenters. The monoisotopic (exact) mass is 500 g/mol. The number of hydrogen-bond donors (Lipinski definition) is 0. The third-order valence-electron chi connectivity index (χ3n) is 6.22. The fourth-order valence-electron chi connectivity index (χ4n) is 4.03. The molecule has 0 aliphatic rings. The normalized spacial score (nSPS) is 11.5. The van der Waals surface area contributed by atoms with Crippen molar-refractivity contribution >= 4 is 5.97 Å². The van der Waals surface area contributed by atoms with Crippen molar-refractivity contribution in [1.29, 1.82) is 0 Å². The van der Waals surface area contributed by atoms with E-state index in [1.165, 1.54) is 25.7 Å². The fraction of sp³-hybridized carbons (Fsp3) is 0.364. The van der Waals surface area contributed by atoms with E-state index in [-0.39, 0.29) is 6.10 Å². The van der Waals surface area contributed by atoms with Gasteiger partial charge in [-0.3, -0.25) is 0 Å². The maximum atomic E-state index is 12.6. The van der Waals surface area contributed by atoms with Gasteiger partial charge in [-0.2, -0.15) is 0 Å². The molecule has 1 unspecified atom stereocenters. The molecule has 0 aliphatic carbocycles. The Morgan fingerprint density at radius 1 is 0.784 bits per heavy atom. The molecule has 0 N–H and O–H groups in total. The van der Waals surface area contributed by atoms with Gasteiger partial charge in [-0.05, 0) is 98.7 Å². The lowest BCUT2D eigenvalue weighted by Gasteiger charge is -2.15. The molecule has 0 aromatic heterocycles. The molecule has 0 heterocycles. The Labute approximate surface area is 222 Å². The molecule has 0 spiro atoms. The highest BCUT2D eigenvalue weighted by Crippen LogP contribution is 2.26. The molecule has 0 saturated heterocycles. The molecule has 196 valence electrons. The first-order valence-electron chi connectivity index (χ1n) is 13.5. The highest BCUT2D eigenvalue weighted by atomic mass is 16.5. The van der Waals surface area contributed by atoms with Gasteiger partial charge in [0.1, 0.15) is 17.2 Å². The molecule has 0 fully saturated rings. The van der Waals surface area contributed by atoms with Crippen molar-refractivity contribution in [2.45, 2.75) is 71.3 Å². The number of rotatable bonds is 16. The number of ether oxygens (including phenoxy) is 3. The minimum absolute atomic E-state index is 0.216. The summed E-state index contributed by atoms with van der Waals surface area (Å²) in [6, 6.07) is 22.7. The molecule has 4 nitrogen and oxygen atoms in total. The van der Waals surface area contributed by atoms with Crippen LogP contribution in [0.15, 0.2) is 85.5 Å². The lowest BCUT2D eigenvalue weighted by atomic mass is 10.1. The summed E-state index contributed by atoms with van der Waals surface area (Å²) in [5, 5.41) is 0. The standard InChI is InChI=1S/C33H40O4/c1-4-6-8-10-12-26(3)36-31-21-13-27(14-22-31)28-15-23-32(24-16-28)37-33(34)29-17-19-30(20-18-29)35-25-11-9-7-5-2/h5,13-24,26H,2,4,6-12,25H2,1,3H3. The third-order valence-corrected chi connectivity index (χ3v) is 6.22. The number of unbranched alkanes of at least 4 members (excludes halogenated alkanes) is 5. The average Bonchev–Trinajstić information content (AvgIpc) is 2.92. The topological polar surface area (TPSA) is 44.8 Å². The third kappa shape index (κ3) is 9.80. The fourth-order valence-corrected chi connectivity index (χ4v) is 4.03. The van der Waals surface area contributed by atoms with Crippen LogP contribution < -0.4 is 14.2 Å². The molecular formula is C33H40O4. The van der Waals surface area contributed by atoms with Crippen LogP contribution in [-0.2, 0) is 0 Å². The average molecular weight is 501 g/mol. The molecule has 3 aromatic rings. The van der Waals surface area contributed by atoms with Crippen molar-refractivity contribution in [3.05, 3.63) is 91.0 Å². The van der Waals surface area contributed by atoms with E-state index < -0.39 is 5.97 Å². The van der Waals surface area contributed by atoms with Gasteiger partial charge in [0.05, 0.1) is 18.3 Å². The Kier molecular flexibility index (Phi) is 11.8. The van der Waals surface area contributed by atoms with Gasteiger partial charge in [0.25, 0.3) is 0 Å². The summed E-state index contributed by atoms with van der Waals surface area (Å²) < 4.78 is 17.3. The first-order chi connectivity index (χ1) is 18.1. The molecule has 0 radical (unpaired) electrons. The zero-order valence-electron chi connectivity index (χ0n) is 22.3. The quantitative estimate of drug-likeness (QED) is 0.0851. The molecular weight excluding hydrogens is 460 g/mol. The van der Waals surface area contributed by atoms with Crippen LogP contribution in [0.1, 0.15) is 75.6 Å². The van der Waals surface area contributed by atoms with Crippen LogP contribution in [0.4, 0.5) is 0 Å². The van der Waals surface area contributed by atoms with Gasteiger partial charge in [0, 0.05) is 0 Å². The molecule has 0 saturated carbocycles. The molecule has 0 bridgehead atoms. The van der Waals surface area contributed by atoms with E-state index in [1.54, 1.807) is 24.3 Å². The van der Waals surface area contributed by atoms with Crippen LogP contribution in [-0.4, -0.2) is 18.7 Å². The minimum Gasteiger partial charge on any atom is -0.494 e. The second-order valence-electron chi connectivity index (χ2n) is 9.37. The number of carbonyl (C=O) groups excluding carboxylic acids is 1. The van der Waals surface area contributed by atoms with Gasteiger partial charge in [0.2, 0.25) is 0 Å². The number of hydrogen-bond acceptors (Lipinski definition) is 4. The molecule has 0 amide bonds. The summed E-state index contributed by atoms with van der Waals surface area (Å²) in [6.07, 6.45) is 11.3. The molecule has 3 rings (SSSR count). The van der Waals surface area contributed by atoms with Gasteiger partial charge < -0.3 is 14.2 Å². The van der Waals surface area contributed by atoms with Crippen molar-refractivity contribution < 1.29 is 19.0 Å². The van der Waals surface area contributed by atoms with Gasteiger partial charge >= 0.3 is 5.97 Å². The summed E-state index contributed by atoms with van der Waals surface area (Å²) in [5.41, 5.74) is 2.62. The highest BCUT2D eigenvalue weighted by Gasteiger charge is 2.10. The van der Waals surface area contributed by atoms with Gasteiger partial charge in [0.15, 0.2) is 0 Å². The highest BCUT2D eigenvalue weighted by molar-refractivity contribution is 5.91. The molecule has 4 heteroatoms. The summed E-state index contributed by atoms with van der Waals surface area (Å²) in [7, 11) is 0. The summed E-state index contributed by atoms with van der Waals surface area (Å²) >= 11 is 0. The van der Waals surface area contributed by atoms with Crippen LogP contribution in [0.25, 0.3) is 11.1 Å². The van der Waals surface area contributed by atoms with Crippen molar-refractivity contribution in [3.63, 3.8) is 0 Å². The lowest BCUT2D eigenvalue weighted by Crippen LogP contribution is -2.11. The van der Waals surface area contributed by atoms with Crippen LogP contribution in [0.5, 0.6) is 17.2 Å². The van der Waals surface area contributed by atoms with Crippen LogP contribution in [0.2, 0.25) is 0 Å². The summed E-state index contributed by atoms with van der Waals surface area (Å²) in [5.74, 6) is 1.75. The van der Waals surface area contributed by atoms with E-state index in [0.29, 0.717) is 17.9 Å². The summed E-state index contributed by atoms with van der Waals surface area (Å²) in [4.78, 5) is 12.6. The second kappa shape index (κ2) is 15.6. The van der Waals surface area contributed by atoms with E-state index in [4.69, 9.17) is 14.2 Å².